The Labute approximate surface area is 163 Å². The van der Waals surface area contributed by atoms with Gasteiger partial charge in [-0.25, -0.2) is 9.59 Å². The molecule has 2 N–H and O–H groups in total. The number of ether oxygens (including phenoxy) is 2. The zero-order valence-electron chi connectivity index (χ0n) is 15.3. The second kappa shape index (κ2) is 11.6. The third-order valence-corrected chi connectivity index (χ3v) is 3.19. The maximum atomic E-state index is 11.2. The third-order valence-electron chi connectivity index (χ3n) is 2.96. The van der Waals surface area contributed by atoms with Crippen LogP contribution in [-0.4, -0.2) is 30.4 Å². The molecule has 0 fully saturated rings. The molecule has 0 unspecified atom stereocenters. The summed E-state index contributed by atoms with van der Waals surface area (Å²) in [4.78, 5) is 21.4. The summed E-state index contributed by atoms with van der Waals surface area (Å²) < 4.78 is 9.93. The minimum atomic E-state index is -0.967. The molecule has 0 aliphatic rings. The largest absolute Gasteiger partial charge is 0.496 e. The predicted molar refractivity (Wildman–Crippen MR) is 106 cm³/mol. The van der Waals surface area contributed by atoms with Crippen LogP contribution in [0.15, 0.2) is 54.6 Å². The molecule has 0 heterocycles. The number of amides is 1. The Bertz CT molecular complexity index is 789. The van der Waals surface area contributed by atoms with Crippen molar-refractivity contribution in [2.24, 2.45) is 0 Å². The highest BCUT2D eigenvalue weighted by Crippen LogP contribution is 2.18. The van der Waals surface area contributed by atoms with Crippen LogP contribution < -0.4 is 10.1 Å². The van der Waals surface area contributed by atoms with E-state index in [2.05, 4.69) is 5.32 Å². The molecule has 2 aromatic rings. The number of hydrogen-bond acceptors (Lipinski definition) is 4. The summed E-state index contributed by atoms with van der Waals surface area (Å²) in [5.74, 6) is -0.300. The number of methoxy groups -OCH3 is 1. The zero-order chi connectivity index (χ0) is 20.2. The molecule has 27 heavy (non-hydrogen) atoms. The molecule has 7 heteroatoms. The fraction of sp³-hybridized carbons (Fsp3) is 0.200. The van der Waals surface area contributed by atoms with E-state index in [1.165, 1.54) is 6.08 Å². The lowest BCUT2D eigenvalue weighted by atomic mass is 10.2. The van der Waals surface area contributed by atoms with Gasteiger partial charge in [0, 0.05) is 22.3 Å². The van der Waals surface area contributed by atoms with E-state index in [0.717, 1.165) is 11.6 Å². The summed E-state index contributed by atoms with van der Waals surface area (Å²) in [5, 5.41) is 11.6. The van der Waals surface area contributed by atoms with Gasteiger partial charge in [-0.05, 0) is 44.2 Å². The first-order valence-electron chi connectivity index (χ1n) is 8.09. The Morgan fingerprint density at radius 1 is 1.15 bits per heavy atom. The normalized spacial score (nSPS) is 10.1. The van der Waals surface area contributed by atoms with E-state index in [4.69, 9.17) is 26.2 Å². The summed E-state index contributed by atoms with van der Waals surface area (Å²) >= 11 is 5.74. The van der Waals surface area contributed by atoms with Gasteiger partial charge in [-0.2, -0.15) is 0 Å². The Hall–Kier alpha value is -2.99. The van der Waals surface area contributed by atoms with Gasteiger partial charge in [0.25, 0.3) is 0 Å². The molecular weight excluding hydrogens is 370 g/mol. The van der Waals surface area contributed by atoms with E-state index in [1.54, 1.807) is 57.4 Å². The SMILES string of the molecule is CC(C)OC(=O)Nc1cccc(Cl)c1.COc1ccccc1C=CC(=O)O. The summed E-state index contributed by atoms with van der Waals surface area (Å²) in [6.45, 7) is 3.58. The van der Waals surface area contributed by atoms with Crippen molar-refractivity contribution >= 4 is 35.4 Å². The second-order valence-electron chi connectivity index (χ2n) is 5.50. The number of aliphatic carboxylic acids is 1. The summed E-state index contributed by atoms with van der Waals surface area (Å²) in [5.41, 5.74) is 1.38. The van der Waals surface area contributed by atoms with Crippen molar-refractivity contribution in [3.05, 3.63) is 65.2 Å². The van der Waals surface area contributed by atoms with Crippen LogP contribution in [0, 0.1) is 0 Å². The first-order chi connectivity index (χ1) is 12.8. The average molecular weight is 392 g/mol. The Morgan fingerprint density at radius 3 is 2.44 bits per heavy atom. The standard InChI is InChI=1S/C10H12ClNO2.C10H10O3/c1-7(2)14-10(13)12-9-5-3-4-8(11)6-9;1-13-9-5-3-2-4-8(9)6-7-10(11)12/h3-7H,1-2H3,(H,12,13);2-7H,1H3,(H,11,12). The number of hydrogen-bond donors (Lipinski definition) is 2. The molecule has 0 bridgehead atoms. The number of carboxylic acid groups (broad SMARTS) is 1. The van der Waals surface area contributed by atoms with Gasteiger partial charge < -0.3 is 14.6 Å². The highest BCUT2D eigenvalue weighted by atomic mass is 35.5. The number of benzene rings is 2. The summed E-state index contributed by atoms with van der Waals surface area (Å²) in [7, 11) is 1.55. The topological polar surface area (TPSA) is 84.9 Å². The summed E-state index contributed by atoms with van der Waals surface area (Å²) in [6, 6.07) is 14.1. The molecule has 2 rings (SSSR count). The monoisotopic (exact) mass is 391 g/mol. The molecule has 0 saturated heterocycles. The van der Waals surface area contributed by atoms with Crippen molar-refractivity contribution in [1.29, 1.82) is 0 Å². The number of halogens is 1. The molecule has 1 amide bonds. The van der Waals surface area contributed by atoms with Crippen LogP contribution in [-0.2, 0) is 9.53 Å². The van der Waals surface area contributed by atoms with Gasteiger partial charge in [0.05, 0.1) is 13.2 Å². The maximum Gasteiger partial charge on any atom is 0.411 e. The van der Waals surface area contributed by atoms with E-state index >= 15 is 0 Å². The predicted octanol–water partition coefficient (Wildman–Crippen LogP) is 5.09. The fourth-order valence-electron chi connectivity index (χ4n) is 1.89. The van der Waals surface area contributed by atoms with E-state index in [1.807, 2.05) is 12.1 Å². The number of carbonyl (C=O) groups excluding carboxylic acids is 1. The smallest absolute Gasteiger partial charge is 0.411 e. The molecular formula is C20H22ClNO5. The number of rotatable bonds is 5. The van der Waals surface area contributed by atoms with Crippen molar-refractivity contribution in [3.63, 3.8) is 0 Å². The number of carboxylic acids is 1. The quantitative estimate of drug-likeness (QED) is 0.693. The molecule has 0 spiro atoms. The van der Waals surface area contributed by atoms with Gasteiger partial charge in [-0.15, -0.1) is 0 Å². The molecule has 0 radical (unpaired) electrons. The highest BCUT2D eigenvalue weighted by Gasteiger charge is 2.05. The van der Waals surface area contributed by atoms with Gasteiger partial charge in [0.2, 0.25) is 0 Å². The highest BCUT2D eigenvalue weighted by molar-refractivity contribution is 6.30. The lowest BCUT2D eigenvalue weighted by Crippen LogP contribution is -2.17. The van der Waals surface area contributed by atoms with Gasteiger partial charge in [0.1, 0.15) is 5.75 Å². The van der Waals surface area contributed by atoms with E-state index in [9.17, 15) is 9.59 Å². The zero-order valence-corrected chi connectivity index (χ0v) is 16.1. The van der Waals surface area contributed by atoms with Crippen LogP contribution in [0.3, 0.4) is 0 Å². The number of carbonyl (C=O) groups is 2. The molecule has 0 saturated carbocycles. The third kappa shape index (κ3) is 9.32. The van der Waals surface area contributed by atoms with E-state index in [-0.39, 0.29) is 6.10 Å². The fourth-order valence-corrected chi connectivity index (χ4v) is 2.08. The number of nitrogens with one attached hydrogen (secondary N) is 1. The van der Waals surface area contributed by atoms with E-state index in [0.29, 0.717) is 16.5 Å². The van der Waals surface area contributed by atoms with Gasteiger partial charge in [0.15, 0.2) is 0 Å². The molecule has 2 aromatic carbocycles. The summed E-state index contributed by atoms with van der Waals surface area (Å²) in [6.07, 6.45) is 1.98. The molecule has 0 aliphatic carbocycles. The van der Waals surface area contributed by atoms with Gasteiger partial charge in [-0.1, -0.05) is 35.9 Å². The first kappa shape index (κ1) is 22.1. The maximum absolute atomic E-state index is 11.2. The number of para-hydroxylation sites is 1. The average Bonchev–Trinajstić information content (AvgIpc) is 2.60. The molecule has 0 atom stereocenters. The van der Waals surface area contributed by atoms with Crippen molar-refractivity contribution in [2.45, 2.75) is 20.0 Å². The van der Waals surface area contributed by atoms with E-state index < -0.39 is 12.1 Å². The molecule has 144 valence electrons. The van der Waals surface area contributed by atoms with Crippen LogP contribution in [0.2, 0.25) is 5.02 Å². The van der Waals surface area contributed by atoms with Gasteiger partial charge >= 0.3 is 12.1 Å². The van der Waals surface area contributed by atoms with Crippen LogP contribution in [0.4, 0.5) is 10.5 Å². The number of anilines is 1. The van der Waals surface area contributed by atoms with Crippen molar-refractivity contribution in [1.82, 2.24) is 0 Å². The van der Waals surface area contributed by atoms with Crippen LogP contribution in [0.1, 0.15) is 19.4 Å². The second-order valence-corrected chi connectivity index (χ2v) is 5.94. The lowest BCUT2D eigenvalue weighted by molar-refractivity contribution is -0.131. The Morgan fingerprint density at radius 2 is 1.85 bits per heavy atom. The molecule has 0 aromatic heterocycles. The minimum absolute atomic E-state index is 0.130. The Kier molecular flexibility index (Phi) is 9.47. The van der Waals surface area contributed by atoms with Crippen LogP contribution in [0.5, 0.6) is 5.75 Å². The van der Waals surface area contributed by atoms with Crippen molar-refractivity contribution in [2.75, 3.05) is 12.4 Å². The van der Waals surface area contributed by atoms with Crippen LogP contribution in [0.25, 0.3) is 6.08 Å². The lowest BCUT2D eigenvalue weighted by Gasteiger charge is -2.09. The Balaban J connectivity index is 0.000000271. The van der Waals surface area contributed by atoms with Crippen LogP contribution >= 0.6 is 11.6 Å². The molecule has 6 nitrogen and oxygen atoms in total. The van der Waals surface area contributed by atoms with Crippen molar-refractivity contribution in [3.8, 4) is 5.75 Å². The first-order valence-corrected chi connectivity index (χ1v) is 8.47. The van der Waals surface area contributed by atoms with Crippen molar-refractivity contribution < 1.29 is 24.2 Å². The minimum Gasteiger partial charge on any atom is -0.496 e. The van der Waals surface area contributed by atoms with Gasteiger partial charge in [-0.3, -0.25) is 5.32 Å². The molecule has 0 aliphatic heterocycles.